The normalized spacial score (nSPS) is 17.5. The van der Waals surface area contributed by atoms with Crippen LogP contribution in [0.5, 0.6) is 0 Å². The van der Waals surface area contributed by atoms with Crippen LogP contribution in [0, 0.1) is 0 Å². The average molecular weight is 286 g/mol. The van der Waals surface area contributed by atoms with Crippen molar-refractivity contribution >= 4 is 17.2 Å². The first-order valence-electron chi connectivity index (χ1n) is 6.67. The Balaban J connectivity index is 0.00000180. The Hall–Kier alpha value is -1.20. The Kier molecular flexibility index (Phi) is 5.69. The quantitative estimate of drug-likeness (QED) is 0.576. The van der Waals surface area contributed by atoms with E-state index in [2.05, 4.69) is 17.3 Å². The summed E-state index contributed by atoms with van der Waals surface area (Å²) >= 11 is 0. The number of piperidine rings is 1. The molecule has 5 N–H and O–H groups in total. The third kappa shape index (κ3) is 4.44. The van der Waals surface area contributed by atoms with Gasteiger partial charge in [-0.3, -0.25) is 0 Å². The number of nitrogen functional groups attached to an aromatic ring is 2. The Bertz CT molecular complexity index is 404. The van der Waals surface area contributed by atoms with Crippen molar-refractivity contribution in [1.29, 1.82) is 0 Å². The molecule has 1 saturated heterocycles. The lowest BCUT2D eigenvalue weighted by Crippen LogP contribution is -3.00. The number of aromatic nitrogens is 1. The molecule has 0 radical (unpaired) electrons. The molecular formula is C13H24ClN5. The molecule has 0 bridgehead atoms. The lowest BCUT2D eigenvalue weighted by molar-refractivity contribution is -0.912. The molecule has 1 aromatic rings. The van der Waals surface area contributed by atoms with Crippen molar-refractivity contribution in [3.8, 4) is 0 Å². The number of nitrogens with zero attached hydrogens (tertiary/aromatic N) is 2. The fraction of sp³-hybridized carbons (Fsp3) is 0.615. The number of pyridine rings is 1. The van der Waals surface area contributed by atoms with Crippen molar-refractivity contribution in [1.82, 2.24) is 4.98 Å². The molecule has 19 heavy (non-hydrogen) atoms. The van der Waals surface area contributed by atoms with E-state index in [4.69, 9.17) is 11.5 Å². The van der Waals surface area contributed by atoms with Crippen LogP contribution >= 0.6 is 0 Å². The summed E-state index contributed by atoms with van der Waals surface area (Å²) in [6.45, 7) is 4.59. The van der Waals surface area contributed by atoms with Gasteiger partial charge in [-0.05, 0) is 25.3 Å². The van der Waals surface area contributed by atoms with E-state index >= 15 is 0 Å². The summed E-state index contributed by atoms with van der Waals surface area (Å²) in [5.41, 5.74) is 12.7. The van der Waals surface area contributed by atoms with Gasteiger partial charge in [0.25, 0.3) is 0 Å². The summed E-state index contributed by atoms with van der Waals surface area (Å²) in [4.78, 5) is 4.22. The van der Waals surface area contributed by atoms with E-state index in [0.717, 1.165) is 23.4 Å². The molecule has 0 aliphatic carbocycles. The highest BCUT2D eigenvalue weighted by atomic mass is 35.5. The Morgan fingerprint density at radius 2 is 1.95 bits per heavy atom. The fourth-order valence-electron chi connectivity index (χ4n) is 2.59. The van der Waals surface area contributed by atoms with Crippen LogP contribution in [0.2, 0.25) is 0 Å². The summed E-state index contributed by atoms with van der Waals surface area (Å²) in [6.07, 6.45) is 5.71. The SMILES string of the molecule is C[N+]1(CCNc2ncc(N)cc2N)CCCCC1.[Cl-]. The smallest absolute Gasteiger partial charge is 0.149 e. The minimum atomic E-state index is 0. The molecule has 0 atom stereocenters. The third-order valence-corrected chi connectivity index (χ3v) is 3.78. The first-order chi connectivity index (χ1) is 8.59. The third-order valence-electron chi connectivity index (χ3n) is 3.78. The first kappa shape index (κ1) is 15.9. The van der Waals surface area contributed by atoms with Gasteiger partial charge in [0.05, 0.1) is 50.8 Å². The summed E-state index contributed by atoms with van der Waals surface area (Å²) < 4.78 is 1.15. The van der Waals surface area contributed by atoms with E-state index in [1.54, 1.807) is 12.3 Å². The van der Waals surface area contributed by atoms with Crippen molar-refractivity contribution in [2.75, 3.05) is 50.0 Å². The van der Waals surface area contributed by atoms with Gasteiger partial charge in [0.2, 0.25) is 0 Å². The van der Waals surface area contributed by atoms with Crippen molar-refractivity contribution in [3.63, 3.8) is 0 Å². The highest BCUT2D eigenvalue weighted by Crippen LogP contribution is 2.18. The molecule has 0 unspecified atom stereocenters. The maximum atomic E-state index is 5.86. The van der Waals surface area contributed by atoms with Crippen LogP contribution in [0.3, 0.4) is 0 Å². The second kappa shape index (κ2) is 6.82. The number of likely N-dealkylation sites (N-methyl/N-ethyl adjacent to an activating group) is 1. The second-order valence-corrected chi connectivity index (χ2v) is 5.48. The maximum Gasteiger partial charge on any atom is 0.149 e. The van der Waals surface area contributed by atoms with Gasteiger partial charge in [0, 0.05) is 0 Å². The summed E-state index contributed by atoms with van der Waals surface area (Å²) in [6, 6.07) is 1.74. The van der Waals surface area contributed by atoms with E-state index in [1.807, 2.05) is 0 Å². The van der Waals surface area contributed by atoms with Crippen LogP contribution in [-0.2, 0) is 0 Å². The molecule has 108 valence electrons. The zero-order chi connectivity index (χ0) is 13.0. The number of nitrogens with one attached hydrogen (secondary N) is 1. The molecule has 2 heterocycles. The highest BCUT2D eigenvalue weighted by molar-refractivity contribution is 5.65. The molecule has 1 aliphatic heterocycles. The van der Waals surface area contributed by atoms with Gasteiger partial charge >= 0.3 is 0 Å². The average Bonchev–Trinajstić information content (AvgIpc) is 2.33. The van der Waals surface area contributed by atoms with Crippen molar-refractivity contribution in [2.24, 2.45) is 0 Å². The van der Waals surface area contributed by atoms with Crippen LogP contribution in [0.25, 0.3) is 0 Å². The standard InChI is InChI=1S/C13H24N5.ClH/c1-18(6-3-2-4-7-18)8-5-16-13-12(15)9-11(14)10-17-13;/h9-10H,2-8,14-15H2,1H3,(H,16,17);1H/q+1;/p-1. The molecule has 0 saturated carbocycles. The monoisotopic (exact) mass is 285 g/mol. The van der Waals surface area contributed by atoms with Crippen molar-refractivity contribution in [3.05, 3.63) is 12.3 Å². The van der Waals surface area contributed by atoms with Crippen LogP contribution in [0.4, 0.5) is 17.2 Å². The van der Waals surface area contributed by atoms with Crippen LogP contribution in [0.15, 0.2) is 12.3 Å². The van der Waals surface area contributed by atoms with Gasteiger partial charge in [-0.15, -0.1) is 0 Å². The molecule has 6 heteroatoms. The highest BCUT2D eigenvalue weighted by Gasteiger charge is 2.23. The van der Waals surface area contributed by atoms with E-state index < -0.39 is 0 Å². The van der Waals surface area contributed by atoms with Crippen LogP contribution in [-0.4, -0.2) is 42.7 Å². The fourth-order valence-corrected chi connectivity index (χ4v) is 2.59. The number of halogens is 1. The number of nitrogens with two attached hydrogens (primary N) is 2. The van der Waals surface area contributed by atoms with Gasteiger partial charge < -0.3 is 33.7 Å². The van der Waals surface area contributed by atoms with Gasteiger partial charge in [0.15, 0.2) is 0 Å². The maximum absolute atomic E-state index is 5.86. The topological polar surface area (TPSA) is 77.0 Å². The molecule has 2 rings (SSSR count). The summed E-state index contributed by atoms with van der Waals surface area (Å²) in [5, 5.41) is 3.31. The number of anilines is 3. The molecule has 0 spiro atoms. The minimum Gasteiger partial charge on any atom is -1.00 e. The number of hydrogen-bond donors (Lipinski definition) is 3. The van der Waals surface area contributed by atoms with Gasteiger partial charge in [0.1, 0.15) is 5.82 Å². The zero-order valence-corrected chi connectivity index (χ0v) is 12.3. The summed E-state index contributed by atoms with van der Waals surface area (Å²) in [7, 11) is 2.33. The Labute approximate surface area is 121 Å². The van der Waals surface area contributed by atoms with Crippen molar-refractivity contribution < 1.29 is 16.9 Å². The number of hydrogen-bond acceptors (Lipinski definition) is 4. The molecule has 1 aliphatic rings. The molecular weight excluding hydrogens is 262 g/mol. The van der Waals surface area contributed by atoms with Gasteiger partial charge in [-0.25, -0.2) is 4.98 Å². The van der Waals surface area contributed by atoms with Gasteiger partial charge in [-0.1, -0.05) is 0 Å². The van der Waals surface area contributed by atoms with E-state index in [-0.39, 0.29) is 12.4 Å². The minimum absolute atomic E-state index is 0. The lowest BCUT2D eigenvalue weighted by Gasteiger charge is -2.37. The molecule has 1 aromatic heterocycles. The first-order valence-corrected chi connectivity index (χ1v) is 6.67. The second-order valence-electron chi connectivity index (χ2n) is 5.48. The predicted molar refractivity (Wildman–Crippen MR) is 76.2 cm³/mol. The summed E-state index contributed by atoms with van der Waals surface area (Å²) in [5.74, 6) is 0.743. The zero-order valence-electron chi connectivity index (χ0n) is 11.5. The van der Waals surface area contributed by atoms with E-state index in [0.29, 0.717) is 11.4 Å². The van der Waals surface area contributed by atoms with Gasteiger partial charge in [-0.2, -0.15) is 0 Å². The number of likely N-dealkylation sites (tertiary alicyclic amines) is 1. The lowest BCUT2D eigenvalue weighted by atomic mass is 10.1. The predicted octanol–water partition coefficient (Wildman–Crippen LogP) is -1.71. The molecule has 0 aromatic carbocycles. The largest absolute Gasteiger partial charge is 1.00 e. The Morgan fingerprint density at radius 1 is 1.26 bits per heavy atom. The van der Waals surface area contributed by atoms with Crippen LogP contribution < -0.4 is 29.2 Å². The van der Waals surface area contributed by atoms with Crippen molar-refractivity contribution in [2.45, 2.75) is 19.3 Å². The molecule has 5 nitrogen and oxygen atoms in total. The van der Waals surface area contributed by atoms with E-state index in [1.165, 1.54) is 32.4 Å². The van der Waals surface area contributed by atoms with E-state index in [9.17, 15) is 0 Å². The Morgan fingerprint density at radius 3 is 2.58 bits per heavy atom. The van der Waals surface area contributed by atoms with Crippen LogP contribution in [0.1, 0.15) is 19.3 Å². The molecule has 1 fully saturated rings. The number of rotatable bonds is 4. The number of quaternary nitrogens is 1. The molecule has 0 amide bonds.